The molecule has 0 radical (unpaired) electrons. The van der Waals surface area contributed by atoms with Crippen molar-refractivity contribution in [2.75, 3.05) is 24.5 Å². The highest BCUT2D eigenvalue weighted by molar-refractivity contribution is 5.37. The zero-order valence-corrected chi connectivity index (χ0v) is 11.8. The number of aryl methyl sites for hydroxylation is 1. The molecule has 1 unspecified atom stereocenters. The average Bonchev–Trinajstić information content (AvgIpc) is 2.37. The first-order chi connectivity index (χ1) is 8.96. The van der Waals surface area contributed by atoms with Crippen LogP contribution in [0, 0.1) is 0 Å². The fourth-order valence-electron chi connectivity index (χ4n) is 2.48. The van der Waals surface area contributed by atoms with Crippen LogP contribution in [-0.2, 0) is 11.3 Å². The van der Waals surface area contributed by atoms with Crippen LogP contribution < -0.4 is 16.2 Å². The number of ether oxygens (including phenoxy) is 1. The molecule has 0 saturated carbocycles. The molecule has 1 aromatic heterocycles. The Morgan fingerprint density at radius 1 is 1.58 bits per heavy atom. The van der Waals surface area contributed by atoms with E-state index in [1.54, 1.807) is 17.0 Å². The Morgan fingerprint density at radius 2 is 2.32 bits per heavy atom. The van der Waals surface area contributed by atoms with Gasteiger partial charge in [-0.2, -0.15) is 0 Å². The van der Waals surface area contributed by atoms with Crippen molar-refractivity contribution in [1.82, 2.24) is 9.55 Å². The summed E-state index contributed by atoms with van der Waals surface area (Å²) < 4.78 is 7.52. The lowest BCUT2D eigenvalue weighted by atomic mass is 10.1. The predicted octanol–water partition coefficient (Wildman–Crippen LogP) is 0.206. The van der Waals surface area contributed by atoms with Crippen molar-refractivity contribution in [3.05, 3.63) is 22.7 Å². The van der Waals surface area contributed by atoms with Crippen LogP contribution in [0.3, 0.4) is 0 Å². The van der Waals surface area contributed by atoms with E-state index in [1.165, 1.54) is 0 Å². The highest BCUT2D eigenvalue weighted by Crippen LogP contribution is 2.22. The number of nitrogens with zero attached hydrogens (tertiary/aromatic N) is 3. The van der Waals surface area contributed by atoms with Crippen molar-refractivity contribution >= 4 is 5.82 Å². The van der Waals surface area contributed by atoms with Crippen LogP contribution in [0.4, 0.5) is 5.82 Å². The topological polar surface area (TPSA) is 73.4 Å². The van der Waals surface area contributed by atoms with Crippen molar-refractivity contribution in [3.63, 3.8) is 0 Å². The molecule has 1 aliphatic rings. The van der Waals surface area contributed by atoms with Gasteiger partial charge in [-0.3, -0.25) is 4.79 Å². The van der Waals surface area contributed by atoms with Gasteiger partial charge in [0, 0.05) is 38.6 Å². The van der Waals surface area contributed by atoms with Crippen LogP contribution in [0.2, 0.25) is 0 Å². The summed E-state index contributed by atoms with van der Waals surface area (Å²) in [6.45, 7) is 8.27. The maximum Gasteiger partial charge on any atom is 0.293 e. The second-order valence-electron chi connectivity index (χ2n) is 5.46. The molecule has 1 aromatic rings. The summed E-state index contributed by atoms with van der Waals surface area (Å²) >= 11 is 0. The molecule has 6 heteroatoms. The molecule has 0 bridgehead atoms. The summed E-state index contributed by atoms with van der Waals surface area (Å²) in [6.07, 6.45) is 3.30. The maximum absolute atomic E-state index is 12.3. The molecule has 2 heterocycles. The number of hydrogen-bond acceptors (Lipinski definition) is 5. The van der Waals surface area contributed by atoms with Gasteiger partial charge in [-0.1, -0.05) is 0 Å². The van der Waals surface area contributed by atoms with E-state index >= 15 is 0 Å². The Morgan fingerprint density at radius 3 is 2.95 bits per heavy atom. The second kappa shape index (κ2) is 5.30. The standard InChI is InChI=1S/C13H22N4O2/c1-4-16-6-5-15-11(12(16)18)17-8-10(7-14)19-13(2,3)9-17/h5-6,10H,4,7-9,14H2,1-3H3. The zero-order chi connectivity index (χ0) is 14.0. The first kappa shape index (κ1) is 14.0. The lowest BCUT2D eigenvalue weighted by Crippen LogP contribution is -2.56. The van der Waals surface area contributed by atoms with Crippen molar-refractivity contribution in [1.29, 1.82) is 0 Å². The Bertz CT molecular complexity index is 498. The van der Waals surface area contributed by atoms with Crippen molar-refractivity contribution < 1.29 is 4.74 Å². The quantitative estimate of drug-likeness (QED) is 0.846. The smallest absolute Gasteiger partial charge is 0.293 e. The van der Waals surface area contributed by atoms with Gasteiger partial charge in [0.15, 0.2) is 5.82 Å². The van der Waals surface area contributed by atoms with Gasteiger partial charge in [0.1, 0.15) is 0 Å². The normalized spacial score (nSPS) is 22.5. The fraction of sp³-hybridized carbons (Fsp3) is 0.692. The molecule has 2 N–H and O–H groups in total. The van der Waals surface area contributed by atoms with E-state index in [-0.39, 0.29) is 17.3 Å². The summed E-state index contributed by atoms with van der Waals surface area (Å²) in [6, 6.07) is 0. The molecule has 1 atom stereocenters. The average molecular weight is 266 g/mol. The van der Waals surface area contributed by atoms with E-state index in [4.69, 9.17) is 10.5 Å². The minimum Gasteiger partial charge on any atom is -0.367 e. The van der Waals surface area contributed by atoms with E-state index in [0.29, 0.717) is 32.0 Å². The number of nitrogens with two attached hydrogens (primary N) is 1. The lowest BCUT2D eigenvalue weighted by molar-refractivity contribution is -0.0791. The summed E-state index contributed by atoms with van der Waals surface area (Å²) in [5, 5.41) is 0. The highest BCUT2D eigenvalue weighted by Gasteiger charge is 2.34. The fourth-order valence-corrected chi connectivity index (χ4v) is 2.48. The monoisotopic (exact) mass is 266 g/mol. The van der Waals surface area contributed by atoms with Crippen molar-refractivity contribution in [3.8, 4) is 0 Å². The molecule has 19 heavy (non-hydrogen) atoms. The summed E-state index contributed by atoms with van der Waals surface area (Å²) in [7, 11) is 0. The molecular weight excluding hydrogens is 244 g/mol. The Kier molecular flexibility index (Phi) is 3.91. The molecule has 2 rings (SSSR count). The highest BCUT2D eigenvalue weighted by atomic mass is 16.5. The summed E-state index contributed by atoms with van der Waals surface area (Å²) in [5.41, 5.74) is 5.32. The van der Waals surface area contributed by atoms with Gasteiger partial charge in [-0.15, -0.1) is 0 Å². The predicted molar refractivity (Wildman–Crippen MR) is 74.4 cm³/mol. The number of anilines is 1. The van der Waals surface area contributed by atoms with Gasteiger partial charge in [0.25, 0.3) is 5.56 Å². The van der Waals surface area contributed by atoms with Crippen LogP contribution in [0.5, 0.6) is 0 Å². The molecule has 1 aliphatic heterocycles. The minimum atomic E-state index is -0.330. The van der Waals surface area contributed by atoms with Gasteiger partial charge in [0.2, 0.25) is 0 Å². The molecule has 0 spiro atoms. The SMILES string of the molecule is CCn1ccnc(N2CC(CN)OC(C)(C)C2)c1=O. The largest absolute Gasteiger partial charge is 0.367 e. The van der Waals surface area contributed by atoms with E-state index < -0.39 is 0 Å². The van der Waals surface area contributed by atoms with Crippen LogP contribution in [-0.4, -0.2) is 40.9 Å². The van der Waals surface area contributed by atoms with Gasteiger partial charge in [-0.05, 0) is 20.8 Å². The molecule has 0 aliphatic carbocycles. The molecule has 106 valence electrons. The number of aromatic nitrogens is 2. The van der Waals surface area contributed by atoms with Crippen LogP contribution in [0.1, 0.15) is 20.8 Å². The van der Waals surface area contributed by atoms with Gasteiger partial charge in [-0.25, -0.2) is 4.98 Å². The number of rotatable bonds is 3. The first-order valence-electron chi connectivity index (χ1n) is 6.65. The van der Waals surface area contributed by atoms with Crippen LogP contribution in [0.15, 0.2) is 17.2 Å². The van der Waals surface area contributed by atoms with E-state index in [9.17, 15) is 4.79 Å². The van der Waals surface area contributed by atoms with Crippen molar-refractivity contribution in [2.45, 2.75) is 39.0 Å². The Labute approximate surface area is 113 Å². The van der Waals surface area contributed by atoms with Crippen molar-refractivity contribution in [2.24, 2.45) is 5.73 Å². The number of morpholine rings is 1. The molecule has 1 fully saturated rings. The maximum atomic E-state index is 12.3. The Hall–Kier alpha value is -1.40. The lowest BCUT2D eigenvalue weighted by Gasteiger charge is -2.42. The van der Waals surface area contributed by atoms with Gasteiger partial charge < -0.3 is 19.9 Å². The van der Waals surface area contributed by atoms with E-state index in [2.05, 4.69) is 4.98 Å². The molecule has 6 nitrogen and oxygen atoms in total. The third kappa shape index (κ3) is 2.96. The second-order valence-corrected chi connectivity index (χ2v) is 5.46. The molecule has 0 amide bonds. The zero-order valence-electron chi connectivity index (χ0n) is 11.8. The third-order valence-corrected chi connectivity index (χ3v) is 3.28. The van der Waals surface area contributed by atoms with Crippen LogP contribution >= 0.6 is 0 Å². The first-order valence-corrected chi connectivity index (χ1v) is 6.65. The van der Waals surface area contributed by atoms with E-state index in [0.717, 1.165) is 0 Å². The molecule has 0 aromatic carbocycles. The summed E-state index contributed by atoms with van der Waals surface area (Å²) in [5.74, 6) is 0.485. The molecule has 1 saturated heterocycles. The van der Waals surface area contributed by atoms with Crippen LogP contribution in [0.25, 0.3) is 0 Å². The van der Waals surface area contributed by atoms with E-state index in [1.807, 2.05) is 25.7 Å². The summed E-state index contributed by atoms with van der Waals surface area (Å²) in [4.78, 5) is 18.5. The Balaban J connectivity index is 2.33. The third-order valence-electron chi connectivity index (χ3n) is 3.28. The van der Waals surface area contributed by atoms with Gasteiger partial charge >= 0.3 is 0 Å². The minimum absolute atomic E-state index is 0.0570. The van der Waals surface area contributed by atoms with Gasteiger partial charge in [0.05, 0.1) is 11.7 Å². The number of hydrogen-bond donors (Lipinski definition) is 1. The molecular formula is C13H22N4O2.